The highest BCUT2D eigenvalue weighted by atomic mass is 16.3. The number of allylic oxidation sites excluding steroid dienone is 5. The van der Waals surface area contributed by atoms with Crippen LogP contribution in [-0.4, -0.2) is 12.3 Å². The summed E-state index contributed by atoms with van der Waals surface area (Å²) in [6, 6.07) is 32.8. The van der Waals surface area contributed by atoms with Crippen molar-refractivity contribution >= 4 is 39.6 Å². The first-order chi connectivity index (χ1) is 26.4. The third-order valence-electron chi connectivity index (χ3n) is 10.6. The summed E-state index contributed by atoms with van der Waals surface area (Å²) in [5.74, 6) is -0.500. The highest BCUT2D eigenvalue weighted by molar-refractivity contribution is 6.37. The summed E-state index contributed by atoms with van der Waals surface area (Å²) in [5, 5.41) is 17.6. The molecule has 6 nitrogen and oxygen atoms in total. The lowest BCUT2D eigenvalue weighted by Gasteiger charge is -2.31. The standard InChI is InChI=1S/C48H40N2O4/c1-3-5-25-49-27-23-35(37-11-7-9-13-41(37)49)29-39-45(51)43(46(39)52)33-19-15-31(16-20-33)32-17-21-34(22-18-32)44-47(53)40(48(44)54)30-36-24-28-50(26-6-4-2)42-14-10-8-12-38(36)42/h7-24,27-30H,3-6,25-26H2,1-2H3. The van der Waals surface area contributed by atoms with Crippen molar-refractivity contribution in [3.63, 3.8) is 0 Å². The third kappa shape index (κ3) is 6.13. The van der Waals surface area contributed by atoms with Crippen molar-refractivity contribution < 1.29 is 14.5 Å². The molecule has 0 N–H and O–H groups in total. The molecule has 6 heteroatoms. The Morgan fingerprint density at radius 1 is 0.704 bits per heavy atom. The number of rotatable bonds is 8. The van der Waals surface area contributed by atoms with Crippen LogP contribution in [-0.2, 0) is 11.3 Å². The van der Waals surface area contributed by atoms with E-state index in [-0.39, 0.29) is 44.0 Å². The number of hydrogen-bond donors (Lipinski definition) is 0. The van der Waals surface area contributed by atoms with Crippen LogP contribution < -0.4 is 35.9 Å². The zero-order valence-corrected chi connectivity index (χ0v) is 30.5. The molecular formula is C48H40N2O4. The second-order valence-electron chi connectivity index (χ2n) is 14.0. The fourth-order valence-electron chi connectivity index (χ4n) is 7.50. The van der Waals surface area contributed by atoms with Crippen molar-refractivity contribution in [3.8, 4) is 0 Å². The molecule has 0 saturated heterocycles. The Hall–Kier alpha value is -6.40. The highest BCUT2D eigenvalue weighted by Crippen LogP contribution is 2.36. The van der Waals surface area contributed by atoms with E-state index >= 15 is 0 Å². The van der Waals surface area contributed by atoms with Crippen molar-refractivity contribution in [2.45, 2.75) is 46.1 Å². The van der Waals surface area contributed by atoms with Crippen molar-refractivity contribution in [3.05, 3.63) is 202 Å². The number of Topliss-reactive ketones (excluding diaryl/α,β-unsaturated/α-hetero) is 1. The minimum absolute atomic E-state index is 0.197. The van der Waals surface area contributed by atoms with Crippen LogP contribution in [0.3, 0.4) is 0 Å². The summed E-state index contributed by atoms with van der Waals surface area (Å²) >= 11 is 0. The van der Waals surface area contributed by atoms with Gasteiger partial charge in [-0.2, -0.15) is 4.57 Å². The Labute approximate surface area is 312 Å². The molecule has 1 aliphatic carbocycles. The maximum absolute atomic E-state index is 13.3. The van der Waals surface area contributed by atoms with E-state index in [1.165, 1.54) is 0 Å². The van der Waals surface area contributed by atoms with E-state index in [1.807, 2.05) is 85.2 Å². The van der Waals surface area contributed by atoms with Gasteiger partial charge in [0.1, 0.15) is 6.54 Å². The van der Waals surface area contributed by atoms with Gasteiger partial charge in [0.25, 0.3) is 0 Å². The molecular weight excluding hydrogens is 669 g/mol. The second kappa shape index (κ2) is 14.6. The Balaban J connectivity index is 1.10. The lowest BCUT2D eigenvalue weighted by atomic mass is 9.84. The normalized spacial score (nSPS) is 14.6. The van der Waals surface area contributed by atoms with Gasteiger partial charge < -0.3 is 10.0 Å². The molecule has 2 heterocycles. The van der Waals surface area contributed by atoms with E-state index in [0.29, 0.717) is 10.4 Å². The summed E-state index contributed by atoms with van der Waals surface area (Å²) in [6.45, 7) is 6.15. The predicted octanol–water partition coefficient (Wildman–Crippen LogP) is 5.49. The van der Waals surface area contributed by atoms with Crippen LogP contribution >= 0.6 is 0 Å². The van der Waals surface area contributed by atoms with Crippen LogP contribution in [0, 0.1) is 20.9 Å². The molecule has 266 valence electrons. The van der Waals surface area contributed by atoms with Gasteiger partial charge >= 0.3 is 0 Å². The molecule has 0 spiro atoms. The van der Waals surface area contributed by atoms with Gasteiger partial charge in [-0.05, 0) is 68.8 Å². The topological polar surface area (TPSA) is 81.4 Å². The van der Waals surface area contributed by atoms with Gasteiger partial charge in [-0.25, -0.2) is 0 Å². The summed E-state index contributed by atoms with van der Waals surface area (Å²) < 4.78 is 2.22. The quantitative estimate of drug-likeness (QED) is 0.196. The van der Waals surface area contributed by atoms with Crippen molar-refractivity contribution in [1.82, 2.24) is 0 Å². The number of benzene rings is 4. The maximum Gasteiger partial charge on any atom is 0.213 e. The van der Waals surface area contributed by atoms with Crippen LogP contribution in [0.5, 0.6) is 0 Å². The zero-order valence-electron chi connectivity index (χ0n) is 30.5. The number of anilines is 1. The molecule has 2 aliphatic rings. The van der Waals surface area contributed by atoms with Gasteiger partial charge in [-0.15, -0.1) is 0 Å². The van der Waals surface area contributed by atoms with Crippen molar-refractivity contribution in [1.29, 1.82) is 0 Å². The fourth-order valence-corrected chi connectivity index (χ4v) is 7.50. The number of fused-ring (bicyclic) bond motifs is 2. The number of carbonyl (C=O) groups excluding carboxylic acids is 1. The second-order valence-corrected chi connectivity index (χ2v) is 14.0. The first-order valence-corrected chi connectivity index (χ1v) is 18.8. The first-order valence-electron chi connectivity index (χ1n) is 18.8. The highest BCUT2D eigenvalue weighted by Gasteiger charge is 2.27. The van der Waals surface area contributed by atoms with Crippen LogP contribution in [0.1, 0.15) is 50.7 Å². The molecule has 5 aromatic carbocycles. The SMILES string of the molecule is CCCCN1C=CC(=CC2=C([O-])C(=c3ccc(=c4ccc(=c5c(=O)c(=Cc6cc[n+](CCCC)c7ccccc67)c5=O)cc4)cc3)C2=O)c2ccccc21. The summed E-state index contributed by atoms with van der Waals surface area (Å²) in [7, 11) is 0. The fraction of sp³-hybridized carbons (Fsp3) is 0.167. The number of aromatic nitrogens is 1. The Morgan fingerprint density at radius 3 is 2.06 bits per heavy atom. The zero-order chi connectivity index (χ0) is 37.3. The number of hydrogen-bond acceptors (Lipinski definition) is 5. The van der Waals surface area contributed by atoms with Gasteiger partial charge in [0.15, 0.2) is 12.0 Å². The summed E-state index contributed by atoms with van der Waals surface area (Å²) in [6.07, 6.45) is 13.8. The lowest BCUT2D eigenvalue weighted by molar-refractivity contribution is -0.671. The average molecular weight is 709 g/mol. The van der Waals surface area contributed by atoms with Crippen molar-refractivity contribution in [2.75, 3.05) is 11.4 Å². The Bertz CT molecular complexity index is 2920. The van der Waals surface area contributed by atoms with Crippen molar-refractivity contribution in [2.24, 2.45) is 0 Å². The smallest absolute Gasteiger partial charge is 0.213 e. The number of pyridine rings is 1. The molecule has 6 aromatic rings. The number of nitrogens with zero attached hydrogens (tertiary/aromatic N) is 2. The third-order valence-corrected chi connectivity index (χ3v) is 10.6. The predicted molar refractivity (Wildman–Crippen MR) is 213 cm³/mol. The number of ketones is 1. The first kappa shape index (κ1) is 34.7. The van der Waals surface area contributed by atoms with E-state index in [2.05, 4.69) is 35.4 Å². The number of carbonyl (C=O) groups is 1. The van der Waals surface area contributed by atoms with Crippen LogP contribution in [0.25, 0.3) is 28.1 Å². The molecule has 0 unspecified atom stereocenters. The molecule has 54 heavy (non-hydrogen) atoms. The number of aryl methyl sites for hydroxylation is 1. The molecule has 0 radical (unpaired) electrons. The van der Waals surface area contributed by atoms with Crippen LogP contribution in [0.4, 0.5) is 5.69 Å². The van der Waals surface area contributed by atoms with Crippen LogP contribution in [0.15, 0.2) is 149 Å². The van der Waals surface area contributed by atoms with Gasteiger partial charge in [-0.1, -0.05) is 111 Å². The minimum Gasteiger partial charge on any atom is -0.871 e. The van der Waals surface area contributed by atoms with Gasteiger partial charge in [-0.3, -0.25) is 14.4 Å². The molecule has 0 bridgehead atoms. The van der Waals surface area contributed by atoms with E-state index in [4.69, 9.17) is 0 Å². The van der Waals surface area contributed by atoms with Gasteiger partial charge in [0, 0.05) is 53.7 Å². The number of unbranched alkanes of at least 4 members (excludes halogenated alkanes) is 2. The average Bonchev–Trinajstić information content (AvgIpc) is 3.21. The molecule has 0 amide bonds. The Kier molecular flexibility index (Phi) is 9.34. The van der Waals surface area contributed by atoms with Gasteiger partial charge in [0.05, 0.1) is 15.8 Å². The van der Waals surface area contributed by atoms with Gasteiger partial charge in [0.2, 0.25) is 16.4 Å². The van der Waals surface area contributed by atoms with Crippen LogP contribution in [0.2, 0.25) is 0 Å². The molecule has 1 aromatic heterocycles. The minimum atomic E-state index is -0.250. The molecule has 0 saturated carbocycles. The summed E-state index contributed by atoms with van der Waals surface area (Å²) in [5.41, 5.74) is 4.75. The van der Waals surface area contributed by atoms with E-state index in [0.717, 1.165) is 82.5 Å². The van der Waals surface area contributed by atoms with E-state index < -0.39 is 0 Å². The summed E-state index contributed by atoms with van der Waals surface area (Å²) in [4.78, 5) is 42.1. The van der Waals surface area contributed by atoms with E-state index in [9.17, 15) is 19.5 Å². The molecule has 8 rings (SSSR count). The largest absolute Gasteiger partial charge is 0.871 e. The number of para-hydroxylation sites is 2. The monoisotopic (exact) mass is 708 g/mol. The lowest BCUT2D eigenvalue weighted by Crippen LogP contribution is -2.49. The van der Waals surface area contributed by atoms with E-state index in [1.54, 1.807) is 36.4 Å². The molecule has 0 atom stereocenters. The maximum atomic E-state index is 13.3. The Morgan fingerprint density at radius 2 is 1.35 bits per heavy atom. The molecule has 1 aliphatic heterocycles. The molecule has 0 fully saturated rings.